The van der Waals surface area contributed by atoms with E-state index in [-0.39, 0.29) is 11.9 Å². The molecule has 0 bridgehead atoms. The van der Waals surface area contributed by atoms with E-state index in [0.717, 1.165) is 34.9 Å². The van der Waals surface area contributed by atoms with Crippen LogP contribution in [0.4, 0.5) is 5.69 Å². The van der Waals surface area contributed by atoms with Gasteiger partial charge in [0.2, 0.25) is 0 Å². The lowest BCUT2D eigenvalue weighted by Crippen LogP contribution is -3.14. The van der Waals surface area contributed by atoms with Crippen LogP contribution in [-0.2, 0) is 11.2 Å². The van der Waals surface area contributed by atoms with Crippen molar-refractivity contribution in [3.63, 3.8) is 0 Å². The summed E-state index contributed by atoms with van der Waals surface area (Å²) >= 11 is 5.87. The molecule has 1 amide bonds. The summed E-state index contributed by atoms with van der Waals surface area (Å²) in [6.45, 7) is 2.75. The number of carbonyl (C=O) groups is 1. The number of quaternary nitrogens is 1. The number of carbonyl (C=O) groups excluding carboxylic acids is 1. The molecule has 5 nitrogen and oxygen atoms in total. The standard InChI is InChI=1S/C20H25ClN2O3/c1-14(20(24)22-17-8-6-16(21)7-9-17)23(2)12-11-15-5-10-18(25-3)19(13-15)26-4/h5-10,13-14H,11-12H2,1-4H3,(H,22,24)/p+1/t14-/m1/s1. The first kappa shape index (κ1) is 20.1. The van der Waals surface area contributed by atoms with E-state index in [1.54, 1.807) is 38.5 Å². The van der Waals surface area contributed by atoms with E-state index in [1.807, 2.05) is 32.2 Å². The second kappa shape index (κ2) is 9.46. The Hall–Kier alpha value is -2.24. The van der Waals surface area contributed by atoms with Crippen LogP contribution in [0.25, 0.3) is 0 Å². The Balaban J connectivity index is 1.91. The minimum Gasteiger partial charge on any atom is -0.493 e. The molecule has 1 unspecified atom stereocenters. The highest BCUT2D eigenvalue weighted by molar-refractivity contribution is 6.30. The number of benzene rings is 2. The molecule has 2 atom stereocenters. The second-order valence-corrected chi connectivity index (χ2v) is 6.69. The van der Waals surface area contributed by atoms with E-state index in [0.29, 0.717) is 10.8 Å². The average Bonchev–Trinajstić information content (AvgIpc) is 2.66. The summed E-state index contributed by atoms with van der Waals surface area (Å²) < 4.78 is 10.6. The molecule has 0 heterocycles. The molecule has 2 N–H and O–H groups in total. The number of nitrogens with one attached hydrogen (secondary N) is 2. The molecule has 2 rings (SSSR count). The summed E-state index contributed by atoms with van der Waals surface area (Å²) in [7, 11) is 5.27. The van der Waals surface area contributed by atoms with Crippen LogP contribution < -0.4 is 19.7 Å². The van der Waals surface area contributed by atoms with Crippen molar-refractivity contribution in [3.8, 4) is 11.5 Å². The van der Waals surface area contributed by atoms with Crippen molar-refractivity contribution in [1.29, 1.82) is 0 Å². The van der Waals surface area contributed by atoms with E-state index in [4.69, 9.17) is 21.1 Å². The summed E-state index contributed by atoms with van der Waals surface area (Å²) in [6.07, 6.45) is 0.838. The van der Waals surface area contributed by atoms with Gasteiger partial charge in [0.25, 0.3) is 5.91 Å². The summed E-state index contributed by atoms with van der Waals surface area (Å²) in [4.78, 5) is 13.6. The molecule has 26 heavy (non-hydrogen) atoms. The largest absolute Gasteiger partial charge is 0.493 e. The monoisotopic (exact) mass is 377 g/mol. The van der Waals surface area contributed by atoms with E-state index < -0.39 is 0 Å². The predicted octanol–water partition coefficient (Wildman–Crippen LogP) is 2.44. The van der Waals surface area contributed by atoms with Gasteiger partial charge in [-0.2, -0.15) is 0 Å². The van der Waals surface area contributed by atoms with Crippen LogP contribution in [0.3, 0.4) is 0 Å². The molecule has 140 valence electrons. The number of hydrogen-bond donors (Lipinski definition) is 2. The first-order chi connectivity index (χ1) is 12.4. The van der Waals surface area contributed by atoms with Crippen LogP contribution in [0.2, 0.25) is 5.02 Å². The lowest BCUT2D eigenvalue weighted by molar-refractivity contribution is -0.893. The molecule has 0 spiro atoms. The summed E-state index contributed by atoms with van der Waals surface area (Å²) in [5.41, 5.74) is 1.89. The number of ether oxygens (including phenoxy) is 2. The number of rotatable bonds is 8. The summed E-state index contributed by atoms with van der Waals surface area (Å²) in [5.74, 6) is 1.42. The second-order valence-electron chi connectivity index (χ2n) is 6.25. The molecule has 0 radical (unpaired) electrons. The normalized spacial score (nSPS) is 13.0. The SMILES string of the molecule is COc1ccc(CC[NH+](C)[C@H](C)C(=O)Nc2ccc(Cl)cc2)cc1OC. The van der Waals surface area contributed by atoms with Crippen molar-refractivity contribution in [2.24, 2.45) is 0 Å². The number of halogens is 1. The molecule has 6 heteroatoms. The molecule has 0 aliphatic heterocycles. The van der Waals surface area contributed by atoms with Crippen LogP contribution in [0.5, 0.6) is 11.5 Å². The third-order valence-electron chi connectivity index (χ3n) is 4.50. The number of amides is 1. The van der Waals surface area contributed by atoms with Gasteiger partial charge in [-0.05, 0) is 48.9 Å². The van der Waals surface area contributed by atoms with Crippen LogP contribution in [0.1, 0.15) is 12.5 Å². The molecule has 0 fully saturated rings. The van der Waals surface area contributed by atoms with E-state index in [9.17, 15) is 4.79 Å². The number of likely N-dealkylation sites (N-methyl/N-ethyl adjacent to an activating group) is 1. The maximum absolute atomic E-state index is 12.4. The van der Waals surface area contributed by atoms with Gasteiger partial charge in [-0.15, -0.1) is 0 Å². The predicted molar refractivity (Wildman–Crippen MR) is 105 cm³/mol. The van der Waals surface area contributed by atoms with E-state index in [2.05, 4.69) is 5.32 Å². The highest BCUT2D eigenvalue weighted by Gasteiger charge is 2.21. The lowest BCUT2D eigenvalue weighted by Gasteiger charge is -2.21. The first-order valence-corrected chi connectivity index (χ1v) is 8.92. The molecule has 0 saturated heterocycles. The molecular weight excluding hydrogens is 352 g/mol. The van der Waals surface area contributed by atoms with Gasteiger partial charge >= 0.3 is 0 Å². The minimum absolute atomic E-state index is 0.0165. The average molecular weight is 378 g/mol. The Kier molecular flexibility index (Phi) is 7.30. The Morgan fingerprint density at radius 1 is 1.12 bits per heavy atom. The smallest absolute Gasteiger partial charge is 0.282 e. The Bertz CT molecular complexity index is 734. The Morgan fingerprint density at radius 3 is 2.38 bits per heavy atom. The van der Waals surface area contributed by atoms with Gasteiger partial charge in [0.15, 0.2) is 17.5 Å². The molecule has 0 aromatic heterocycles. The molecule has 2 aromatic rings. The van der Waals surface area contributed by atoms with Crippen molar-refractivity contribution in [3.05, 3.63) is 53.1 Å². The van der Waals surface area contributed by atoms with Crippen molar-refractivity contribution >= 4 is 23.2 Å². The van der Waals surface area contributed by atoms with Crippen molar-refractivity contribution in [2.75, 3.05) is 33.1 Å². The van der Waals surface area contributed by atoms with Crippen molar-refractivity contribution in [1.82, 2.24) is 0 Å². The molecule has 0 aliphatic rings. The number of anilines is 1. The van der Waals surface area contributed by atoms with Gasteiger partial charge in [-0.3, -0.25) is 4.79 Å². The van der Waals surface area contributed by atoms with Crippen LogP contribution >= 0.6 is 11.6 Å². The third-order valence-corrected chi connectivity index (χ3v) is 4.75. The van der Waals surface area contributed by atoms with Crippen LogP contribution in [0, 0.1) is 0 Å². The van der Waals surface area contributed by atoms with E-state index in [1.165, 1.54) is 0 Å². The Labute approximate surface area is 159 Å². The summed E-state index contributed by atoms with van der Waals surface area (Å²) in [6, 6.07) is 12.8. The first-order valence-electron chi connectivity index (χ1n) is 8.54. The fourth-order valence-electron chi connectivity index (χ4n) is 2.60. The fraction of sp³-hybridized carbons (Fsp3) is 0.350. The number of methoxy groups -OCH3 is 2. The maximum Gasteiger partial charge on any atom is 0.282 e. The highest BCUT2D eigenvalue weighted by atomic mass is 35.5. The van der Waals surface area contributed by atoms with Crippen molar-refractivity contribution in [2.45, 2.75) is 19.4 Å². The highest BCUT2D eigenvalue weighted by Crippen LogP contribution is 2.27. The van der Waals surface area contributed by atoms with Gasteiger partial charge in [-0.1, -0.05) is 17.7 Å². The van der Waals surface area contributed by atoms with Crippen LogP contribution in [-0.4, -0.2) is 39.8 Å². The quantitative estimate of drug-likeness (QED) is 0.743. The lowest BCUT2D eigenvalue weighted by atomic mass is 10.1. The van der Waals surface area contributed by atoms with E-state index >= 15 is 0 Å². The molecular formula is C20H26ClN2O3+. The fourth-order valence-corrected chi connectivity index (χ4v) is 2.73. The maximum atomic E-state index is 12.4. The minimum atomic E-state index is -0.175. The number of hydrogen-bond acceptors (Lipinski definition) is 3. The summed E-state index contributed by atoms with van der Waals surface area (Å²) in [5, 5.41) is 3.57. The van der Waals surface area contributed by atoms with Crippen molar-refractivity contribution < 1.29 is 19.2 Å². The van der Waals surface area contributed by atoms with Gasteiger partial charge < -0.3 is 19.7 Å². The van der Waals surface area contributed by atoms with Crippen LogP contribution in [0.15, 0.2) is 42.5 Å². The third kappa shape index (κ3) is 5.38. The zero-order chi connectivity index (χ0) is 19.1. The molecule has 0 aliphatic carbocycles. The van der Waals surface area contributed by atoms with Gasteiger partial charge in [0, 0.05) is 17.1 Å². The Morgan fingerprint density at radius 2 is 1.77 bits per heavy atom. The van der Waals surface area contributed by atoms with Gasteiger partial charge in [-0.25, -0.2) is 0 Å². The zero-order valence-electron chi connectivity index (χ0n) is 15.6. The molecule has 2 aromatic carbocycles. The van der Waals surface area contributed by atoms with Gasteiger partial charge in [0.1, 0.15) is 0 Å². The van der Waals surface area contributed by atoms with Gasteiger partial charge in [0.05, 0.1) is 27.8 Å². The topological polar surface area (TPSA) is 52.0 Å². The zero-order valence-corrected chi connectivity index (χ0v) is 16.4. The molecule has 0 saturated carbocycles.